The van der Waals surface area contributed by atoms with Gasteiger partial charge in [0.2, 0.25) is 0 Å². The molecule has 30 heavy (non-hydrogen) atoms. The summed E-state index contributed by atoms with van der Waals surface area (Å²) < 4.78 is 0. The highest BCUT2D eigenvalue weighted by atomic mass is 16.3. The first kappa shape index (κ1) is 22.9. The van der Waals surface area contributed by atoms with E-state index in [1.54, 1.807) is 23.6 Å². The van der Waals surface area contributed by atoms with E-state index >= 15 is 0 Å². The van der Waals surface area contributed by atoms with Crippen LogP contribution >= 0.6 is 0 Å². The Kier molecular flexibility index (Phi) is 8.38. The fourth-order valence-electron chi connectivity index (χ4n) is 2.94. The molecule has 3 N–H and O–H groups in total. The topological polar surface area (TPSA) is 81.2 Å². The number of allylic oxidation sites excluding steroid dienone is 2. The third kappa shape index (κ3) is 6.06. The van der Waals surface area contributed by atoms with E-state index < -0.39 is 0 Å². The summed E-state index contributed by atoms with van der Waals surface area (Å²) in [6.07, 6.45) is 7.14. The van der Waals surface area contributed by atoms with E-state index in [9.17, 15) is 9.90 Å². The summed E-state index contributed by atoms with van der Waals surface area (Å²) in [7, 11) is 0. The number of benzene rings is 1. The maximum absolute atomic E-state index is 12.6. The number of aryl methyl sites for hydroxylation is 1. The molecule has 1 heterocycles. The lowest BCUT2D eigenvalue weighted by Crippen LogP contribution is -2.28. The van der Waals surface area contributed by atoms with Gasteiger partial charge in [0.25, 0.3) is 5.91 Å². The van der Waals surface area contributed by atoms with Gasteiger partial charge in [0.05, 0.1) is 24.2 Å². The van der Waals surface area contributed by atoms with Crippen LogP contribution in [0.1, 0.15) is 30.7 Å². The van der Waals surface area contributed by atoms with Gasteiger partial charge in [-0.15, -0.1) is 0 Å². The Morgan fingerprint density at radius 3 is 2.53 bits per heavy atom. The third-order valence-corrected chi connectivity index (χ3v) is 4.75. The van der Waals surface area contributed by atoms with E-state index in [0.29, 0.717) is 29.9 Å². The maximum Gasteiger partial charge on any atom is 0.252 e. The molecule has 0 radical (unpaired) electrons. The standard InChI is InChI=1S/C24H30N4O2/c1-6-20(24(30)26-12-11-22-13-25-16-27-22)14-28(17(2)3)23(15-29)19(5)21-9-7-18(4)8-10-21/h6-10,13-14,16,29H,1-2,11-12,15H2,3-5H3,(H,25,27)(H,26,30)/b20-14+,23-19+. The SMILES string of the molecule is C=C/C(=C\N(C(=C)C)/C(CO)=C(\C)c1ccc(C)cc1)C(=O)NCCc1cnc[nH]1. The van der Waals surface area contributed by atoms with Gasteiger partial charge >= 0.3 is 0 Å². The first-order valence-electron chi connectivity index (χ1n) is 9.79. The number of aromatic nitrogens is 2. The molecular weight excluding hydrogens is 376 g/mol. The minimum absolute atomic E-state index is 0.199. The van der Waals surface area contributed by atoms with Crippen molar-refractivity contribution in [3.8, 4) is 0 Å². The fraction of sp³-hybridized carbons (Fsp3) is 0.250. The smallest absolute Gasteiger partial charge is 0.252 e. The van der Waals surface area contributed by atoms with Crippen molar-refractivity contribution >= 4 is 11.5 Å². The first-order valence-corrected chi connectivity index (χ1v) is 9.79. The van der Waals surface area contributed by atoms with Crippen LogP contribution < -0.4 is 5.32 Å². The largest absolute Gasteiger partial charge is 0.390 e. The van der Waals surface area contributed by atoms with Crippen molar-refractivity contribution in [2.45, 2.75) is 27.2 Å². The summed E-state index contributed by atoms with van der Waals surface area (Å²) in [4.78, 5) is 21.3. The second kappa shape index (κ2) is 11.0. The summed E-state index contributed by atoms with van der Waals surface area (Å²) >= 11 is 0. The van der Waals surface area contributed by atoms with Crippen molar-refractivity contribution in [2.75, 3.05) is 13.2 Å². The van der Waals surface area contributed by atoms with Crippen LogP contribution in [0.5, 0.6) is 0 Å². The Morgan fingerprint density at radius 2 is 2.00 bits per heavy atom. The second-order valence-electron chi connectivity index (χ2n) is 7.07. The van der Waals surface area contributed by atoms with Crippen LogP contribution in [0.25, 0.3) is 5.57 Å². The number of aromatic amines is 1. The number of aliphatic hydroxyl groups excluding tert-OH is 1. The average Bonchev–Trinajstić information content (AvgIpc) is 3.24. The van der Waals surface area contributed by atoms with E-state index in [1.165, 1.54) is 6.08 Å². The number of carbonyl (C=O) groups is 1. The number of nitrogens with zero attached hydrogens (tertiary/aromatic N) is 2. The van der Waals surface area contributed by atoms with Gasteiger partial charge in [-0.1, -0.05) is 49.1 Å². The molecule has 158 valence electrons. The number of carbonyl (C=O) groups excluding carboxylic acids is 1. The number of amides is 1. The van der Waals surface area contributed by atoms with Gasteiger partial charge in [-0.05, 0) is 31.9 Å². The van der Waals surface area contributed by atoms with Crippen molar-refractivity contribution in [2.24, 2.45) is 0 Å². The Bertz CT molecular complexity index is 938. The van der Waals surface area contributed by atoms with Crippen molar-refractivity contribution in [1.82, 2.24) is 20.2 Å². The zero-order valence-electron chi connectivity index (χ0n) is 17.9. The molecule has 1 aromatic heterocycles. The van der Waals surface area contributed by atoms with E-state index in [0.717, 1.165) is 22.4 Å². The van der Waals surface area contributed by atoms with Gasteiger partial charge in [0, 0.05) is 36.8 Å². The van der Waals surface area contributed by atoms with Gasteiger partial charge in [0.1, 0.15) is 0 Å². The molecule has 0 spiro atoms. The van der Waals surface area contributed by atoms with Crippen LogP contribution in [0.3, 0.4) is 0 Å². The molecule has 0 unspecified atom stereocenters. The van der Waals surface area contributed by atoms with E-state index in [2.05, 4.69) is 28.4 Å². The number of aliphatic hydroxyl groups is 1. The van der Waals surface area contributed by atoms with Crippen LogP contribution in [0, 0.1) is 6.92 Å². The number of rotatable bonds is 10. The van der Waals surface area contributed by atoms with Gasteiger partial charge in [-0.25, -0.2) is 4.98 Å². The lowest BCUT2D eigenvalue weighted by atomic mass is 10.0. The van der Waals surface area contributed by atoms with Gasteiger partial charge in [-0.3, -0.25) is 4.79 Å². The third-order valence-electron chi connectivity index (χ3n) is 4.75. The van der Waals surface area contributed by atoms with Crippen LogP contribution in [0.2, 0.25) is 0 Å². The van der Waals surface area contributed by atoms with Crippen molar-refractivity contribution in [3.05, 3.63) is 96.0 Å². The Labute approximate surface area is 178 Å². The number of imidazole rings is 1. The Hall–Kier alpha value is -3.38. The highest BCUT2D eigenvalue weighted by Crippen LogP contribution is 2.25. The predicted molar refractivity (Wildman–Crippen MR) is 121 cm³/mol. The normalized spacial score (nSPS) is 12.2. The molecule has 6 heteroatoms. The summed E-state index contributed by atoms with van der Waals surface area (Å²) in [5.74, 6) is -0.249. The zero-order chi connectivity index (χ0) is 22.1. The summed E-state index contributed by atoms with van der Waals surface area (Å²) in [6.45, 7) is 13.8. The molecule has 0 saturated carbocycles. The lowest BCUT2D eigenvalue weighted by molar-refractivity contribution is -0.117. The van der Waals surface area contributed by atoms with Gasteiger partial charge in [0.15, 0.2) is 0 Å². The number of H-pyrrole nitrogens is 1. The van der Waals surface area contributed by atoms with Crippen LogP contribution in [0.15, 0.2) is 79.2 Å². The maximum atomic E-state index is 12.6. The molecule has 0 bridgehead atoms. The first-order chi connectivity index (χ1) is 14.4. The molecule has 0 aliphatic rings. The monoisotopic (exact) mass is 406 g/mol. The predicted octanol–water partition coefficient (Wildman–Crippen LogP) is 3.71. The molecule has 0 atom stereocenters. The molecule has 6 nitrogen and oxygen atoms in total. The quantitative estimate of drug-likeness (QED) is 0.415. The highest BCUT2D eigenvalue weighted by molar-refractivity contribution is 5.96. The number of nitrogens with one attached hydrogen (secondary N) is 2. The van der Waals surface area contributed by atoms with Crippen molar-refractivity contribution < 1.29 is 9.90 Å². The summed E-state index contributed by atoms with van der Waals surface area (Å²) in [5, 5.41) is 13.0. The van der Waals surface area contributed by atoms with Crippen LogP contribution in [-0.2, 0) is 11.2 Å². The number of hydrogen-bond acceptors (Lipinski definition) is 4. The van der Waals surface area contributed by atoms with E-state index in [1.807, 2.05) is 45.0 Å². The summed E-state index contributed by atoms with van der Waals surface area (Å²) in [6, 6.07) is 8.07. The molecule has 0 saturated heterocycles. The van der Waals surface area contributed by atoms with Crippen molar-refractivity contribution in [1.29, 1.82) is 0 Å². The van der Waals surface area contributed by atoms with Crippen LogP contribution in [0.4, 0.5) is 0 Å². The Morgan fingerprint density at radius 1 is 1.30 bits per heavy atom. The zero-order valence-corrected chi connectivity index (χ0v) is 17.9. The minimum atomic E-state index is -0.249. The minimum Gasteiger partial charge on any atom is -0.390 e. The van der Waals surface area contributed by atoms with Crippen molar-refractivity contribution in [3.63, 3.8) is 0 Å². The molecule has 1 aromatic carbocycles. The fourth-order valence-corrected chi connectivity index (χ4v) is 2.94. The molecular formula is C24H30N4O2. The molecule has 2 rings (SSSR count). The van der Waals surface area contributed by atoms with Gasteiger partial charge < -0.3 is 20.3 Å². The van der Waals surface area contributed by atoms with E-state index in [4.69, 9.17) is 0 Å². The molecule has 2 aromatic rings. The highest BCUT2D eigenvalue weighted by Gasteiger charge is 2.15. The molecule has 1 amide bonds. The lowest BCUT2D eigenvalue weighted by Gasteiger charge is -2.26. The summed E-state index contributed by atoms with van der Waals surface area (Å²) in [5.41, 5.74) is 5.71. The average molecular weight is 407 g/mol. The number of hydrogen-bond donors (Lipinski definition) is 3. The molecule has 0 fully saturated rings. The molecule has 0 aliphatic heterocycles. The Balaban J connectivity index is 2.26. The van der Waals surface area contributed by atoms with Gasteiger partial charge in [-0.2, -0.15) is 0 Å². The molecule has 0 aliphatic carbocycles. The van der Waals surface area contributed by atoms with E-state index in [-0.39, 0.29) is 12.5 Å². The second-order valence-corrected chi connectivity index (χ2v) is 7.07. The van der Waals surface area contributed by atoms with Crippen LogP contribution in [-0.4, -0.2) is 39.0 Å².